The van der Waals surface area contributed by atoms with E-state index in [0.717, 1.165) is 43.4 Å². The molecule has 1 saturated heterocycles. The lowest BCUT2D eigenvalue weighted by Gasteiger charge is -2.45. The molecule has 0 spiro atoms. The van der Waals surface area contributed by atoms with Gasteiger partial charge < -0.3 is 15.0 Å². The zero-order valence-electron chi connectivity index (χ0n) is 16.9. The average molecular weight is 385 g/mol. The Morgan fingerprint density at radius 1 is 1.14 bits per heavy atom. The largest absolute Gasteiger partial charge is 0.376 e. The fourth-order valence-corrected chi connectivity index (χ4v) is 4.96. The maximum absolute atomic E-state index is 13.5. The van der Waals surface area contributed by atoms with Gasteiger partial charge in [-0.1, -0.05) is 43.9 Å². The van der Waals surface area contributed by atoms with E-state index >= 15 is 0 Å². The van der Waals surface area contributed by atoms with Gasteiger partial charge in [0.2, 0.25) is 5.91 Å². The van der Waals surface area contributed by atoms with Crippen molar-refractivity contribution in [3.8, 4) is 0 Å². The van der Waals surface area contributed by atoms with E-state index in [2.05, 4.69) is 5.32 Å². The van der Waals surface area contributed by atoms with E-state index in [0.29, 0.717) is 13.0 Å². The molecule has 5 heteroatoms. The minimum atomic E-state index is -0.871. The first-order valence-electron chi connectivity index (χ1n) is 10.9. The van der Waals surface area contributed by atoms with E-state index in [1.165, 1.54) is 25.7 Å². The Labute approximate surface area is 167 Å². The van der Waals surface area contributed by atoms with Gasteiger partial charge >= 0.3 is 0 Å². The van der Waals surface area contributed by atoms with Crippen molar-refractivity contribution >= 4 is 11.8 Å². The molecule has 2 fully saturated rings. The van der Waals surface area contributed by atoms with Crippen LogP contribution in [0, 0.1) is 0 Å². The molecule has 2 heterocycles. The van der Waals surface area contributed by atoms with E-state index in [1.807, 2.05) is 31.2 Å². The summed E-state index contributed by atoms with van der Waals surface area (Å²) < 4.78 is 5.81. The highest BCUT2D eigenvalue weighted by Gasteiger charge is 2.48. The zero-order valence-corrected chi connectivity index (χ0v) is 16.9. The maximum Gasteiger partial charge on any atom is 0.255 e. The summed E-state index contributed by atoms with van der Waals surface area (Å²) in [5.41, 5.74) is 0.818. The molecule has 4 rings (SSSR count). The first-order valence-corrected chi connectivity index (χ1v) is 10.9. The van der Waals surface area contributed by atoms with Crippen molar-refractivity contribution in [1.82, 2.24) is 10.2 Å². The van der Waals surface area contributed by atoms with Crippen LogP contribution in [-0.2, 0) is 16.0 Å². The van der Waals surface area contributed by atoms with Crippen LogP contribution in [0.15, 0.2) is 24.3 Å². The quantitative estimate of drug-likeness (QED) is 0.809. The lowest BCUT2D eigenvalue weighted by molar-refractivity contribution is -0.133. The van der Waals surface area contributed by atoms with Crippen molar-refractivity contribution in [1.29, 1.82) is 0 Å². The zero-order chi connectivity index (χ0) is 19.6. The van der Waals surface area contributed by atoms with E-state index in [4.69, 9.17) is 4.74 Å². The van der Waals surface area contributed by atoms with Crippen molar-refractivity contribution in [2.24, 2.45) is 0 Å². The van der Waals surface area contributed by atoms with Gasteiger partial charge in [-0.05, 0) is 44.2 Å². The summed E-state index contributed by atoms with van der Waals surface area (Å²) in [5, 5.41) is 3.30. The SMILES string of the molecule is CC1(C(=O)NC2CCCCCC2)Cc2ccccc2C(=O)N1CC1CCCO1. The van der Waals surface area contributed by atoms with Gasteiger partial charge in [0.15, 0.2) is 0 Å². The Hall–Kier alpha value is -1.88. The third-order valence-electron chi connectivity index (χ3n) is 6.71. The van der Waals surface area contributed by atoms with Gasteiger partial charge in [0.1, 0.15) is 5.54 Å². The van der Waals surface area contributed by atoms with Crippen LogP contribution < -0.4 is 5.32 Å². The number of hydrogen-bond donors (Lipinski definition) is 1. The summed E-state index contributed by atoms with van der Waals surface area (Å²) in [7, 11) is 0. The smallest absolute Gasteiger partial charge is 0.255 e. The monoisotopic (exact) mass is 384 g/mol. The normalized spacial score (nSPS) is 28.7. The molecule has 2 amide bonds. The number of ether oxygens (including phenoxy) is 1. The summed E-state index contributed by atoms with van der Waals surface area (Å²) in [6.07, 6.45) is 9.48. The molecule has 1 N–H and O–H groups in total. The average Bonchev–Trinajstić information content (AvgIpc) is 3.08. The molecule has 3 aliphatic rings. The summed E-state index contributed by atoms with van der Waals surface area (Å²) >= 11 is 0. The lowest BCUT2D eigenvalue weighted by Crippen LogP contribution is -2.64. The van der Waals surface area contributed by atoms with Crippen LogP contribution >= 0.6 is 0 Å². The van der Waals surface area contributed by atoms with Crippen LogP contribution in [0.5, 0.6) is 0 Å². The third-order valence-corrected chi connectivity index (χ3v) is 6.71. The number of rotatable bonds is 4. The number of carbonyl (C=O) groups is 2. The van der Waals surface area contributed by atoms with Gasteiger partial charge in [0, 0.05) is 31.2 Å². The molecule has 1 aliphatic carbocycles. The van der Waals surface area contributed by atoms with E-state index in [-0.39, 0.29) is 24.0 Å². The van der Waals surface area contributed by atoms with Crippen molar-refractivity contribution in [3.05, 3.63) is 35.4 Å². The van der Waals surface area contributed by atoms with Crippen LogP contribution in [0.2, 0.25) is 0 Å². The second-order valence-electron chi connectivity index (χ2n) is 8.82. The molecule has 1 saturated carbocycles. The molecule has 1 aromatic rings. The van der Waals surface area contributed by atoms with Crippen molar-refractivity contribution in [2.75, 3.05) is 13.2 Å². The highest BCUT2D eigenvalue weighted by Crippen LogP contribution is 2.33. The Morgan fingerprint density at radius 2 is 1.89 bits per heavy atom. The Morgan fingerprint density at radius 3 is 2.61 bits per heavy atom. The standard InChI is InChI=1S/C23H32N2O3/c1-23(22(27)24-18-10-4-2-3-5-11-18)15-17-9-6-7-13-20(17)21(26)25(23)16-19-12-8-14-28-19/h6-7,9,13,18-19H,2-5,8,10-12,14-16H2,1H3,(H,24,27). The van der Waals surface area contributed by atoms with Crippen LogP contribution in [0.1, 0.15) is 74.2 Å². The molecule has 2 unspecified atom stereocenters. The highest BCUT2D eigenvalue weighted by atomic mass is 16.5. The number of fused-ring (bicyclic) bond motifs is 1. The molecule has 0 aromatic heterocycles. The van der Waals surface area contributed by atoms with Gasteiger partial charge in [-0.3, -0.25) is 9.59 Å². The van der Waals surface area contributed by atoms with Crippen LogP contribution in [0.25, 0.3) is 0 Å². The minimum Gasteiger partial charge on any atom is -0.376 e. The van der Waals surface area contributed by atoms with Gasteiger partial charge in [-0.15, -0.1) is 0 Å². The molecular formula is C23H32N2O3. The Kier molecular flexibility index (Phi) is 5.72. The van der Waals surface area contributed by atoms with E-state index in [1.54, 1.807) is 4.90 Å². The Balaban J connectivity index is 1.60. The van der Waals surface area contributed by atoms with E-state index in [9.17, 15) is 9.59 Å². The summed E-state index contributed by atoms with van der Waals surface area (Å²) in [6, 6.07) is 7.93. The molecule has 2 aliphatic heterocycles. The van der Waals surface area contributed by atoms with E-state index < -0.39 is 5.54 Å². The van der Waals surface area contributed by atoms with Crippen molar-refractivity contribution in [2.45, 2.75) is 82.4 Å². The highest BCUT2D eigenvalue weighted by molar-refractivity contribution is 6.02. The molecule has 1 aromatic carbocycles. The topological polar surface area (TPSA) is 58.6 Å². The molecule has 0 radical (unpaired) electrons. The molecule has 0 bridgehead atoms. The van der Waals surface area contributed by atoms with Crippen molar-refractivity contribution < 1.29 is 14.3 Å². The van der Waals surface area contributed by atoms with Gasteiger partial charge in [-0.25, -0.2) is 0 Å². The molecular weight excluding hydrogens is 352 g/mol. The predicted octanol–water partition coefficient (Wildman–Crippen LogP) is 3.46. The molecule has 28 heavy (non-hydrogen) atoms. The maximum atomic E-state index is 13.5. The third kappa shape index (κ3) is 3.82. The van der Waals surface area contributed by atoms with Gasteiger partial charge in [0.25, 0.3) is 5.91 Å². The summed E-state index contributed by atoms with van der Waals surface area (Å²) in [6.45, 7) is 3.16. The number of nitrogens with one attached hydrogen (secondary N) is 1. The second-order valence-corrected chi connectivity index (χ2v) is 8.82. The minimum absolute atomic E-state index is 0.0137. The molecule has 5 nitrogen and oxygen atoms in total. The number of hydrogen-bond acceptors (Lipinski definition) is 3. The predicted molar refractivity (Wildman–Crippen MR) is 108 cm³/mol. The Bertz CT molecular complexity index is 720. The van der Waals surface area contributed by atoms with Crippen LogP contribution in [0.3, 0.4) is 0 Å². The fourth-order valence-electron chi connectivity index (χ4n) is 4.96. The molecule has 2 atom stereocenters. The summed E-state index contributed by atoms with van der Waals surface area (Å²) in [5.74, 6) is -0.0592. The number of nitrogens with zero attached hydrogens (tertiary/aromatic N) is 1. The molecule has 152 valence electrons. The van der Waals surface area contributed by atoms with Crippen LogP contribution in [0.4, 0.5) is 0 Å². The second kappa shape index (κ2) is 8.24. The van der Waals surface area contributed by atoms with Gasteiger partial charge in [-0.2, -0.15) is 0 Å². The first-order chi connectivity index (χ1) is 13.6. The first kappa shape index (κ1) is 19.4. The van der Waals surface area contributed by atoms with Crippen LogP contribution in [-0.4, -0.2) is 47.6 Å². The number of benzene rings is 1. The summed E-state index contributed by atoms with van der Waals surface area (Å²) in [4.78, 5) is 28.6. The number of carbonyl (C=O) groups excluding carboxylic acids is 2. The van der Waals surface area contributed by atoms with Gasteiger partial charge in [0.05, 0.1) is 6.10 Å². The number of amides is 2. The van der Waals surface area contributed by atoms with Crippen molar-refractivity contribution in [3.63, 3.8) is 0 Å². The fraction of sp³-hybridized carbons (Fsp3) is 0.652. The lowest BCUT2D eigenvalue weighted by atomic mass is 9.82.